The van der Waals surface area contributed by atoms with Crippen LogP contribution in [0.25, 0.3) is 10.8 Å². The standard InChI is InChI=1S/C16H11NO4S/c18-15-8-6-14(7-9-15)17-21-22(19,20)16-10-5-12-3-1-2-4-13(12)11-16/h1-11H. The summed E-state index contributed by atoms with van der Waals surface area (Å²) in [5, 5.41) is 5.28. The van der Waals surface area contributed by atoms with E-state index in [2.05, 4.69) is 9.44 Å². The van der Waals surface area contributed by atoms with Gasteiger partial charge in [-0.25, -0.2) is 0 Å². The molecule has 0 unspecified atom stereocenters. The van der Waals surface area contributed by atoms with Crippen LogP contribution in [0.4, 0.5) is 0 Å². The first-order chi connectivity index (χ1) is 10.5. The van der Waals surface area contributed by atoms with Gasteiger partial charge in [-0.1, -0.05) is 35.5 Å². The topological polar surface area (TPSA) is 72.8 Å². The maximum atomic E-state index is 12.1. The maximum Gasteiger partial charge on any atom is 0.358 e. The molecule has 0 N–H and O–H groups in total. The molecule has 0 atom stereocenters. The molecule has 110 valence electrons. The SMILES string of the molecule is O=C1C=CC(=NOS(=O)(=O)c2ccc3ccccc3c2)C=C1. The molecule has 0 aliphatic heterocycles. The van der Waals surface area contributed by atoms with Gasteiger partial charge in [0.25, 0.3) is 0 Å². The Hall–Kier alpha value is -2.73. The molecule has 2 aromatic rings. The highest BCUT2D eigenvalue weighted by Crippen LogP contribution is 2.20. The van der Waals surface area contributed by atoms with E-state index >= 15 is 0 Å². The summed E-state index contributed by atoms with van der Waals surface area (Å²) < 4.78 is 29.0. The third-order valence-corrected chi connectivity index (χ3v) is 4.19. The number of ketones is 1. The van der Waals surface area contributed by atoms with Gasteiger partial charge in [0.05, 0.1) is 0 Å². The van der Waals surface area contributed by atoms with Crippen molar-refractivity contribution in [2.75, 3.05) is 0 Å². The number of benzene rings is 2. The van der Waals surface area contributed by atoms with Crippen molar-refractivity contribution < 1.29 is 17.5 Å². The Kier molecular flexibility index (Phi) is 3.60. The monoisotopic (exact) mass is 313 g/mol. The predicted octanol–water partition coefficient (Wildman–Crippen LogP) is 2.60. The highest BCUT2D eigenvalue weighted by atomic mass is 32.2. The van der Waals surface area contributed by atoms with Gasteiger partial charge >= 0.3 is 10.1 Å². The van der Waals surface area contributed by atoms with Crippen molar-refractivity contribution in [2.24, 2.45) is 5.16 Å². The molecule has 0 bridgehead atoms. The Labute approximate surface area is 127 Å². The Morgan fingerprint density at radius 3 is 2.27 bits per heavy atom. The maximum absolute atomic E-state index is 12.1. The molecule has 22 heavy (non-hydrogen) atoms. The van der Waals surface area contributed by atoms with E-state index in [1.54, 1.807) is 6.07 Å². The lowest BCUT2D eigenvalue weighted by Gasteiger charge is -2.04. The first-order valence-corrected chi connectivity index (χ1v) is 7.86. The summed E-state index contributed by atoms with van der Waals surface area (Å²) in [6.45, 7) is 0. The molecule has 0 aromatic heterocycles. The first-order valence-electron chi connectivity index (χ1n) is 6.45. The van der Waals surface area contributed by atoms with Crippen molar-refractivity contribution in [3.63, 3.8) is 0 Å². The van der Waals surface area contributed by atoms with Crippen molar-refractivity contribution in [3.05, 3.63) is 66.8 Å². The van der Waals surface area contributed by atoms with E-state index in [0.717, 1.165) is 10.8 Å². The number of nitrogens with zero attached hydrogens (tertiary/aromatic N) is 1. The highest BCUT2D eigenvalue weighted by Gasteiger charge is 2.16. The Morgan fingerprint density at radius 2 is 1.55 bits per heavy atom. The van der Waals surface area contributed by atoms with E-state index in [4.69, 9.17) is 0 Å². The number of carbonyl (C=O) groups excluding carboxylic acids is 1. The van der Waals surface area contributed by atoms with Gasteiger partial charge in [-0.3, -0.25) is 9.08 Å². The van der Waals surface area contributed by atoms with Gasteiger partial charge in [-0.2, -0.15) is 8.42 Å². The Morgan fingerprint density at radius 1 is 0.864 bits per heavy atom. The van der Waals surface area contributed by atoms with Crippen LogP contribution in [0.2, 0.25) is 0 Å². The van der Waals surface area contributed by atoms with Crippen molar-refractivity contribution in [2.45, 2.75) is 4.90 Å². The van der Waals surface area contributed by atoms with Crippen LogP contribution in [0, 0.1) is 0 Å². The molecule has 1 aliphatic rings. The number of fused-ring (bicyclic) bond motifs is 1. The van der Waals surface area contributed by atoms with Crippen molar-refractivity contribution in [3.8, 4) is 0 Å². The van der Waals surface area contributed by atoms with E-state index in [0.29, 0.717) is 0 Å². The molecule has 0 amide bonds. The Balaban J connectivity index is 1.88. The average Bonchev–Trinajstić information content (AvgIpc) is 2.54. The number of rotatable bonds is 3. The molecule has 0 fully saturated rings. The molecular weight excluding hydrogens is 302 g/mol. The average molecular weight is 313 g/mol. The lowest BCUT2D eigenvalue weighted by molar-refractivity contribution is -0.110. The van der Waals surface area contributed by atoms with Gasteiger partial charge in [0.1, 0.15) is 10.6 Å². The smallest absolute Gasteiger partial charge is 0.290 e. The van der Waals surface area contributed by atoms with Crippen LogP contribution in [0.5, 0.6) is 0 Å². The second-order valence-electron chi connectivity index (χ2n) is 4.62. The number of hydrogen-bond acceptors (Lipinski definition) is 5. The summed E-state index contributed by atoms with van der Waals surface area (Å²) in [5.41, 5.74) is 0.254. The number of hydrogen-bond donors (Lipinski definition) is 0. The van der Waals surface area contributed by atoms with Crippen LogP contribution in [-0.4, -0.2) is 19.9 Å². The molecule has 0 saturated carbocycles. The summed E-state index contributed by atoms with van der Waals surface area (Å²) in [5.74, 6) is -0.184. The number of allylic oxidation sites excluding steroid dienone is 4. The second-order valence-corrected chi connectivity index (χ2v) is 6.15. The fourth-order valence-corrected chi connectivity index (χ4v) is 2.74. The largest absolute Gasteiger partial charge is 0.358 e. The van der Waals surface area contributed by atoms with Gasteiger partial charge in [0, 0.05) is 0 Å². The molecule has 0 radical (unpaired) electrons. The van der Waals surface area contributed by atoms with Crippen LogP contribution in [0.3, 0.4) is 0 Å². The first kappa shape index (κ1) is 14.2. The summed E-state index contributed by atoms with van der Waals surface area (Å²) in [4.78, 5) is 11.0. The molecule has 3 rings (SSSR count). The summed E-state index contributed by atoms with van der Waals surface area (Å²) in [6, 6.07) is 12.1. The molecule has 6 heteroatoms. The van der Waals surface area contributed by atoms with Crippen LogP contribution < -0.4 is 0 Å². The van der Waals surface area contributed by atoms with Crippen LogP contribution in [0.15, 0.2) is 76.8 Å². The highest BCUT2D eigenvalue weighted by molar-refractivity contribution is 7.86. The van der Waals surface area contributed by atoms with Gasteiger partial charge < -0.3 is 0 Å². The summed E-state index contributed by atoms with van der Waals surface area (Å²) >= 11 is 0. The van der Waals surface area contributed by atoms with E-state index < -0.39 is 10.1 Å². The normalized spacial score (nSPS) is 14.4. The zero-order valence-corrected chi connectivity index (χ0v) is 12.2. The summed E-state index contributed by atoms with van der Waals surface area (Å²) in [7, 11) is -4.00. The second kappa shape index (κ2) is 5.57. The zero-order valence-electron chi connectivity index (χ0n) is 11.3. The zero-order chi connectivity index (χ0) is 15.6. The molecule has 5 nitrogen and oxygen atoms in total. The van der Waals surface area contributed by atoms with Gasteiger partial charge in [-0.05, 0) is 47.2 Å². The quantitative estimate of drug-likeness (QED) is 0.645. The van der Waals surface area contributed by atoms with Crippen LogP contribution in [0.1, 0.15) is 0 Å². The predicted molar refractivity (Wildman–Crippen MR) is 82.9 cm³/mol. The summed E-state index contributed by atoms with van der Waals surface area (Å²) in [6.07, 6.45) is 5.34. The fraction of sp³-hybridized carbons (Fsp3) is 0. The lowest BCUT2D eigenvalue weighted by Crippen LogP contribution is -2.06. The van der Waals surface area contributed by atoms with Gasteiger partial charge in [-0.15, -0.1) is 0 Å². The molecule has 1 aliphatic carbocycles. The van der Waals surface area contributed by atoms with Gasteiger partial charge in [0.15, 0.2) is 5.78 Å². The molecule has 0 spiro atoms. The fourth-order valence-electron chi connectivity index (χ4n) is 1.97. The van der Waals surface area contributed by atoms with Crippen molar-refractivity contribution in [1.82, 2.24) is 0 Å². The van der Waals surface area contributed by atoms with Gasteiger partial charge in [0.2, 0.25) is 0 Å². The van der Waals surface area contributed by atoms with Crippen LogP contribution in [-0.2, 0) is 19.2 Å². The van der Waals surface area contributed by atoms with Crippen molar-refractivity contribution in [1.29, 1.82) is 0 Å². The minimum Gasteiger partial charge on any atom is -0.290 e. The molecule has 0 heterocycles. The number of carbonyl (C=O) groups is 1. The van der Waals surface area contributed by atoms with Crippen LogP contribution >= 0.6 is 0 Å². The van der Waals surface area contributed by atoms with E-state index in [-0.39, 0.29) is 16.4 Å². The Bertz CT molecular complexity index is 922. The minimum atomic E-state index is -4.00. The van der Waals surface area contributed by atoms with E-state index in [1.807, 2.05) is 24.3 Å². The van der Waals surface area contributed by atoms with Crippen molar-refractivity contribution >= 4 is 32.4 Å². The third-order valence-electron chi connectivity index (χ3n) is 3.09. The minimum absolute atomic E-state index is 0.0235. The van der Waals surface area contributed by atoms with E-state index in [9.17, 15) is 13.2 Å². The molecular formula is C16H11NO4S. The molecule has 2 aromatic carbocycles. The lowest BCUT2D eigenvalue weighted by atomic mass is 10.1. The van der Waals surface area contributed by atoms with E-state index in [1.165, 1.54) is 36.4 Å². The molecule has 0 saturated heterocycles. The number of oxime groups is 1. The third kappa shape index (κ3) is 2.96.